The number of alkyl halides is 3. The summed E-state index contributed by atoms with van der Waals surface area (Å²) in [5.41, 5.74) is -0.733. The highest BCUT2D eigenvalue weighted by molar-refractivity contribution is 7.89. The fraction of sp³-hybridized carbons (Fsp3) is 0.500. The maximum absolute atomic E-state index is 13.1. The highest BCUT2D eigenvalue weighted by Crippen LogP contribution is 2.46. The van der Waals surface area contributed by atoms with Crippen LogP contribution in [0.3, 0.4) is 0 Å². The Hall–Kier alpha value is -1.98. The van der Waals surface area contributed by atoms with Crippen molar-refractivity contribution >= 4 is 21.6 Å². The van der Waals surface area contributed by atoms with Crippen LogP contribution in [0.15, 0.2) is 23.1 Å². The van der Waals surface area contributed by atoms with E-state index >= 15 is 0 Å². The molecule has 0 amide bonds. The van der Waals surface area contributed by atoms with E-state index in [-0.39, 0.29) is 41.1 Å². The minimum absolute atomic E-state index is 0.0135. The standard InChI is InChI=1S/C18H21ClF3N3O4S/c1-28-13-7-6-12(10-14(13)29-2)30(26,27)23-8-3-9-25-16(11-4-5-11)15(19)17(24-25)18(20,21)22/h6-7,10-11,23H,3-5,8-9H2,1-2H3. The van der Waals surface area contributed by atoms with Gasteiger partial charge in [-0.1, -0.05) is 11.6 Å². The van der Waals surface area contributed by atoms with Gasteiger partial charge in [-0.25, -0.2) is 13.1 Å². The topological polar surface area (TPSA) is 82.5 Å². The lowest BCUT2D eigenvalue weighted by molar-refractivity contribution is -0.141. The van der Waals surface area contributed by atoms with E-state index in [1.165, 1.54) is 37.1 Å². The third-order valence-electron chi connectivity index (χ3n) is 4.67. The number of nitrogens with one attached hydrogen (secondary N) is 1. The van der Waals surface area contributed by atoms with Crippen LogP contribution in [0.2, 0.25) is 5.02 Å². The van der Waals surface area contributed by atoms with Crippen molar-refractivity contribution in [3.63, 3.8) is 0 Å². The first-order chi connectivity index (χ1) is 14.1. The number of nitrogens with zero attached hydrogens (tertiary/aromatic N) is 2. The smallest absolute Gasteiger partial charge is 0.436 e. The largest absolute Gasteiger partial charge is 0.493 e. The number of halogens is 4. The number of aromatic nitrogens is 2. The first-order valence-corrected chi connectivity index (χ1v) is 11.0. The van der Waals surface area contributed by atoms with Crippen molar-refractivity contribution in [2.24, 2.45) is 0 Å². The van der Waals surface area contributed by atoms with E-state index in [0.29, 0.717) is 11.4 Å². The van der Waals surface area contributed by atoms with Gasteiger partial charge in [-0.15, -0.1) is 0 Å². The van der Waals surface area contributed by atoms with Gasteiger partial charge in [0, 0.05) is 25.1 Å². The maximum atomic E-state index is 13.1. The van der Waals surface area contributed by atoms with Crippen LogP contribution in [0.25, 0.3) is 0 Å². The molecule has 1 aromatic heterocycles. The Morgan fingerprint density at radius 2 is 1.90 bits per heavy atom. The van der Waals surface area contributed by atoms with E-state index in [1.807, 2.05) is 0 Å². The Kier molecular flexibility index (Phi) is 6.54. The molecule has 0 radical (unpaired) electrons. The van der Waals surface area contributed by atoms with Crippen molar-refractivity contribution in [3.8, 4) is 11.5 Å². The molecule has 1 aliphatic carbocycles. The third-order valence-corrected chi connectivity index (χ3v) is 6.50. The molecule has 0 atom stereocenters. The normalized spacial score (nSPS) is 14.7. The first-order valence-electron chi connectivity index (χ1n) is 9.13. The Balaban J connectivity index is 1.66. The summed E-state index contributed by atoms with van der Waals surface area (Å²) in [5, 5.41) is 3.26. The number of aryl methyl sites for hydroxylation is 1. The average Bonchev–Trinajstić information content (AvgIpc) is 3.46. The predicted octanol–water partition coefficient (Wildman–Crippen LogP) is 3.82. The molecule has 12 heteroatoms. The van der Waals surface area contributed by atoms with Crippen LogP contribution < -0.4 is 14.2 Å². The van der Waals surface area contributed by atoms with E-state index in [2.05, 4.69) is 9.82 Å². The molecule has 0 unspecified atom stereocenters. The van der Waals surface area contributed by atoms with Gasteiger partial charge in [0.15, 0.2) is 17.2 Å². The second-order valence-electron chi connectivity index (χ2n) is 6.81. The van der Waals surface area contributed by atoms with Crippen LogP contribution in [0.4, 0.5) is 13.2 Å². The molecule has 0 saturated heterocycles. The number of ether oxygens (including phenoxy) is 2. The molecule has 2 aromatic rings. The van der Waals surface area contributed by atoms with Gasteiger partial charge in [-0.05, 0) is 31.4 Å². The van der Waals surface area contributed by atoms with E-state index in [9.17, 15) is 21.6 Å². The Morgan fingerprint density at radius 3 is 2.47 bits per heavy atom. The zero-order valence-electron chi connectivity index (χ0n) is 16.3. The van der Waals surface area contributed by atoms with Crippen LogP contribution >= 0.6 is 11.6 Å². The number of benzene rings is 1. The average molecular weight is 468 g/mol. The fourth-order valence-electron chi connectivity index (χ4n) is 3.05. The van der Waals surface area contributed by atoms with Crippen LogP contribution in [0.5, 0.6) is 11.5 Å². The Morgan fingerprint density at radius 1 is 1.23 bits per heavy atom. The van der Waals surface area contributed by atoms with Crippen molar-refractivity contribution in [2.45, 2.75) is 42.8 Å². The van der Waals surface area contributed by atoms with Crippen molar-refractivity contribution < 1.29 is 31.1 Å². The van der Waals surface area contributed by atoms with Crippen molar-refractivity contribution in [1.82, 2.24) is 14.5 Å². The van der Waals surface area contributed by atoms with Crippen LogP contribution in [-0.2, 0) is 22.7 Å². The van der Waals surface area contributed by atoms with Gasteiger partial charge < -0.3 is 9.47 Å². The molecule has 1 aromatic carbocycles. The van der Waals surface area contributed by atoms with E-state index in [0.717, 1.165) is 12.8 Å². The quantitative estimate of drug-likeness (QED) is 0.567. The summed E-state index contributed by atoms with van der Waals surface area (Å²) >= 11 is 5.93. The molecule has 0 bridgehead atoms. The van der Waals surface area contributed by atoms with E-state index in [4.69, 9.17) is 21.1 Å². The zero-order valence-corrected chi connectivity index (χ0v) is 17.9. The second kappa shape index (κ2) is 8.64. The summed E-state index contributed by atoms with van der Waals surface area (Å²) < 4.78 is 78.1. The Bertz CT molecular complexity index is 1020. The van der Waals surface area contributed by atoms with Crippen LogP contribution in [0.1, 0.15) is 36.6 Å². The van der Waals surface area contributed by atoms with Gasteiger partial charge in [0.2, 0.25) is 10.0 Å². The molecule has 30 heavy (non-hydrogen) atoms. The summed E-state index contributed by atoms with van der Waals surface area (Å²) in [4.78, 5) is -0.0136. The molecule has 7 nitrogen and oxygen atoms in total. The molecule has 1 aliphatic rings. The molecule has 0 aliphatic heterocycles. The molecule has 1 saturated carbocycles. The van der Waals surface area contributed by atoms with Gasteiger partial charge in [-0.3, -0.25) is 4.68 Å². The summed E-state index contributed by atoms with van der Waals surface area (Å²) in [7, 11) is -1.01. The summed E-state index contributed by atoms with van der Waals surface area (Å²) in [6.07, 6.45) is -2.88. The predicted molar refractivity (Wildman–Crippen MR) is 104 cm³/mol. The lowest BCUT2D eigenvalue weighted by Crippen LogP contribution is -2.26. The second-order valence-corrected chi connectivity index (χ2v) is 8.96. The van der Waals surface area contributed by atoms with Crippen LogP contribution in [-0.4, -0.2) is 39.0 Å². The monoisotopic (exact) mass is 467 g/mol. The summed E-state index contributed by atoms with van der Waals surface area (Å²) in [6, 6.07) is 4.17. The number of rotatable bonds is 9. The highest BCUT2D eigenvalue weighted by atomic mass is 35.5. The van der Waals surface area contributed by atoms with Gasteiger partial charge in [0.25, 0.3) is 0 Å². The number of hydrogen-bond acceptors (Lipinski definition) is 5. The lowest BCUT2D eigenvalue weighted by Gasteiger charge is -2.11. The maximum Gasteiger partial charge on any atom is 0.436 e. The minimum atomic E-state index is -4.64. The summed E-state index contributed by atoms with van der Waals surface area (Å²) in [5.74, 6) is 0.616. The molecule has 166 valence electrons. The molecule has 0 spiro atoms. The van der Waals surface area contributed by atoms with Crippen LogP contribution in [0, 0.1) is 0 Å². The van der Waals surface area contributed by atoms with Crippen molar-refractivity contribution in [3.05, 3.63) is 34.6 Å². The minimum Gasteiger partial charge on any atom is -0.493 e. The third kappa shape index (κ3) is 4.84. The SMILES string of the molecule is COc1ccc(S(=O)(=O)NCCCn2nc(C(F)(F)F)c(Cl)c2C2CC2)cc1OC. The number of methoxy groups -OCH3 is 2. The molecule has 1 fully saturated rings. The number of sulfonamides is 1. The van der Waals surface area contributed by atoms with Crippen molar-refractivity contribution in [1.29, 1.82) is 0 Å². The Labute approximate surface area is 177 Å². The molecule has 3 rings (SSSR count). The molecular formula is C18H21ClF3N3O4S. The molecule has 1 N–H and O–H groups in total. The first kappa shape index (κ1) is 22.7. The molecule has 1 heterocycles. The van der Waals surface area contributed by atoms with E-state index < -0.39 is 21.9 Å². The van der Waals surface area contributed by atoms with Gasteiger partial charge >= 0.3 is 6.18 Å². The van der Waals surface area contributed by atoms with Crippen molar-refractivity contribution in [2.75, 3.05) is 20.8 Å². The van der Waals surface area contributed by atoms with Gasteiger partial charge in [-0.2, -0.15) is 18.3 Å². The van der Waals surface area contributed by atoms with Gasteiger partial charge in [0.1, 0.15) is 0 Å². The zero-order chi connectivity index (χ0) is 22.1. The number of hydrogen-bond donors (Lipinski definition) is 1. The lowest BCUT2D eigenvalue weighted by atomic mass is 10.2. The van der Waals surface area contributed by atoms with Gasteiger partial charge in [0.05, 0.1) is 29.8 Å². The summed E-state index contributed by atoms with van der Waals surface area (Å²) in [6.45, 7) is 0.121. The van der Waals surface area contributed by atoms with E-state index in [1.54, 1.807) is 0 Å². The molecular weight excluding hydrogens is 447 g/mol. The fourth-order valence-corrected chi connectivity index (χ4v) is 4.54. The highest BCUT2D eigenvalue weighted by Gasteiger charge is 2.41.